The van der Waals surface area contributed by atoms with Crippen LogP contribution in [0.3, 0.4) is 0 Å². The van der Waals surface area contributed by atoms with Crippen molar-refractivity contribution in [3.8, 4) is 0 Å². The van der Waals surface area contributed by atoms with E-state index in [1.807, 2.05) is 84.9 Å². The highest BCUT2D eigenvalue weighted by molar-refractivity contribution is 9.10. The second-order valence-corrected chi connectivity index (χ2v) is 12.6. The molecule has 2 atom stereocenters. The van der Waals surface area contributed by atoms with E-state index < -0.39 is 31.1 Å². The van der Waals surface area contributed by atoms with E-state index in [0.717, 1.165) is 11.1 Å². The number of aliphatic imine (C=N–C) groups is 1. The second kappa shape index (κ2) is 14.0. The van der Waals surface area contributed by atoms with Gasteiger partial charge in [-0.1, -0.05) is 94.8 Å². The summed E-state index contributed by atoms with van der Waals surface area (Å²) in [6.07, 6.45) is -0.677. The van der Waals surface area contributed by atoms with Gasteiger partial charge in [0.25, 0.3) is 0 Å². The topological polar surface area (TPSA) is 86.2 Å². The molecular weight excluding hydrogens is 579 g/mol. The molecule has 0 saturated heterocycles. The standard InChI is InChI=1S/C30H36BrN2O5P/c1-6-36-39(35,37-7-2)28(32-26(22-16-10-8-11-17-22)23-18-12-9-13-19-23)27(24-20-14-15-21-25(24)31)33-29(34)38-30(3,4)5/h8-21,27-28H,6-7H2,1-5H3,(H,33,34)/t27-,28+/m1/s1. The van der Waals surface area contributed by atoms with Crippen LogP contribution in [0.4, 0.5) is 4.79 Å². The first-order valence-corrected chi connectivity index (χ1v) is 15.3. The number of alkyl carbamates (subject to hydrolysis) is 1. The molecule has 1 N–H and O–H groups in total. The number of carbonyl (C=O) groups is 1. The lowest BCUT2D eigenvalue weighted by Crippen LogP contribution is -2.40. The normalized spacial score (nSPS) is 13.3. The van der Waals surface area contributed by atoms with E-state index in [9.17, 15) is 9.36 Å². The first-order valence-electron chi connectivity index (χ1n) is 12.9. The van der Waals surface area contributed by atoms with E-state index >= 15 is 0 Å². The summed E-state index contributed by atoms with van der Waals surface area (Å²) in [5.74, 6) is -1.15. The summed E-state index contributed by atoms with van der Waals surface area (Å²) in [5, 5.41) is 2.93. The molecule has 1 amide bonds. The monoisotopic (exact) mass is 614 g/mol. The number of amides is 1. The number of nitrogens with zero attached hydrogens (tertiary/aromatic N) is 1. The summed E-state index contributed by atoms with van der Waals surface area (Å²) < 4.78 is 32.5. The molecule has 3 rings (SSSR count). The Labute approximate surface area is 239 Å². The van der Waals surface area contributed by atoms with Crippen molar-refractivity contribution >= 4 is 35.3 Å². The van der Waals surface area contributed by atoms with Crippen molar-refractivity contribution in [3.05, 3.63) is 106 Å². The maximum absolute atomic E-state index is 14.5. The Morgan fingerprint density at radius 1 is 0.872 bits per heavy atom. The fraction of sp³-hybridized carbons (Fsp3) is 0.333. The Morgan fingerprint density at radius 3 is 1.82 bits per heavy atom. The molecule has 0 saturated carbocycles. The molecule has 0 aliphatic rings. The summed E-state index contributed by atoms with van der Waals surface area (Å²) in [6, 6.07) is 25.7. The fourth-order valence-corrected chi connectivity index (χ4v) is 6.48. The number of nitrogens with one attached hydrogen (secondary N) is 1. The third-order valence-corrected chi connectivity index (χ3v) is 8.53. The average molecular weight is 616 g/mol. The van der Waals surface area contributed by atoms with Gasteiger partial charge >= 0.3 is 13.7 Å². The Hall–Kier alpha value is -2.77. The van der Waals surface area contributed by atoms with Gasteiger partial charge in [-0.25, -0.2) is 4.79 Å². The fourth-order valence-electron chi connectivity index (χ4n) is 3.99. The van der Waals surface area contributed by atoms with Crippen molar-refractivity contribution in [3.63, 3.8) is 0 Å². The molecular formula is C30H36BrN2O5P. The number of hydrogen-bond donors (Lipinski definition) is 1. The number of benzene rings is 3. The number of rotatable bonds is 11. The summed E-state index contributed by atoms with van der Waals surface area (Å²) in [5.41, 5.74) is 2.12. The zero-order valence-electron chi connectivity index (χ0n) is 23.0. The largest absolute Gasteiger partial charge is 0.444 e. The zero-order chi connectivity index (χ0) is 28.5. The molecule has 0 radical (unpaired) electrons. The van der Waals surface area contributed by atoms with Crippen LogP contribution >= 0.6 is 23.5 Å². The SMILES string of the molecule is CCOP(=O)(OCC)[C@H](N=C(c1ccccc1)c1ccccc1)[C@H](NC(=O)OC(C)(C)C)c1ccccc1Br. The quantitative estimate of drug-likeness (QED) is 0.174. The highest BCUT2D eigenvalue weighted by Crippen LogP contribution is 2.58. The van der Waals surface area contributed by atoms with Crippen LogP contribution in [-0.2, 0) is 18.3 Å². The first-order chi connectivity index (χ1) is 18.6. The van der Waals surface area contributed by atoms with Gasteiger partial charge in [-0.05, 0) is 46.2 Å². The molecule has 0 aromatic heterocycles. The molecule has 0 bridgehead atoms. The average Bonchev–Trinajstić information content (AvgIpc) is 2.89. The van der Waals surface area contributed by atoms with Crippen LogP contribution in [-0.4, -0.2) is 36.4 Å². The highest BCUT2D eigenvalue weighted by Gasteiger charge is 2.44. The smallest absolute Gasteiger partial charge is 0.408 e. The third-order valence-electron chi connectivity index (χ3n) is 5.51. The highest BCUT2D eigenvalue weighted by atomic mass is 79.9. The van der Waals surface area contributed by atoms with Gasteiger partial charge in [0.1, 0.15) is 5.60 Å². The summed E-state index contributed by atoms with van der Waals surface area (Å²) >= 11 is 3.61. The molecule has 0 unspecified atom stereocenters. The van der Waals surface area contributed by atoms with Crippen LogP contribution in [0.15, 0.2) is 94.4 Å². The zero-order valence-corrected chi connectivity index (χ0v) is 25.4. The molecule has 9 heteroatoms. The predicted octanol–water partition coefficient (Wildman–Crippen LogP) is 8.14. The summed E-state index contributed by atoms with van der Waals surface area (Å²) in [4.78, 5) is 18.3. The molecule has 0 aliphatic heterocycles. The van der Waals surface area contributed by atoms with Crippen LogP contribution in [0.1, 0.15) is 57.4 Å². The van der Waals surface area contributed by atoms with E-state index in [4.69, 9.17) is 18.8 Å². The lowest BCUT2D eigenvalue weighted by molar-refractivity contribution is 0.0499. The van der Waals surface area contributed by atoms with Gasteiger partial charge in [0, 0.05) is 15.6 Å². The van der Waals surface area contributed by atoms with Crippen LogP contribution in [0.5, 0.6) is 0 Å². The molecule has 0 heterocycles. The first kappa shape index (κ1) is 30.8. The van der Waals surface area contributed by atoms with Crippen molar-refractivity contribution in [2.75, 3.05) is 13.2 Å². The van der Waals surface area contributed by atoms with Crippen molar-refractivity contribution < 1.29 is 23.1 Å². The van der Waals surface area contributed by atoms with Gasteiger partial charge in [0.15, 0.2) is 5.78 Å². The van der Waals surface area contributed by atoms with Crippen LogP contribution in [0, 0.1) is 0 Å². The Balaban J connectivity index is 2.32. The molecule has 0 aliphatic carbocycles. The van der Waals surface area contributed by atoms with E-state index in [1.165, 1.54) is 0 Å². The Kier molecular flexibility index (Phi) is 11.1. The number of halogens is 1. The summed E-state index contributed by atoms with van der Waals surface area (Å²) in [7, 11) is -3.95. The summed E-state index contributed by atoms with van der Waals surface area (Å²) in [6.45, 7) is 9.10. The molecule has 7 nitrogen and oxygen atoms in total. The van der Waals surface area contributed by atoms with Crippen molar-refractivity contribution in [2.45, 2.75) is 52.0 Å². The minimum atomic E-state index is -3.95. The maximum atomic E-state index is 14.5. The second-order valence-electron chi connectivity index (χ2n) is 9.64. The lowest BCUT2D eigenvalue weighted by Gasteiger charge is -2.32. The van der Waals surface area contributed by atoms with Crippen LogP contribution in [0.25, 0.3) is 0 Å². The van der Waals surface area contributed by atoms with Gasteiger partial charge in [-0.15, -0.1) is 0 Å². The van der Waals surface area contributed by atoms with Crippen LogP contribution in [0.2, 0.25) is 0 Å². The number of ether oxygens (including phenoxy) is 1. The van der Waals surface area contributed by atoms with Crippen molar-refractivity contribution in [2.24, 2.45) is 4.99 Å². The van der Waals surface area contributed by atoms with E-state index in [2.05, 4.69) is 21.2 Å². The minimum absolute atomic E-state index is 0.129. The van der Waals surface area contributed by atoms with Gasteiger partial charge in [-0.2, -0.15) is 0 Å². The minimum Gasteiger partial charge on any atom is -0.444 e. The number of hydrogen-bond acceptors (Lipinski definition) is 6. The van der Waals surface area contributed by atoms with Gasteiger partial charge in [-0.3, -0.25) is 9.56 Å². The molecule has 208 valence electrons. The van der Waals surface area contributed by atoms with Crippen molar-refractivity contribution in [1.29, 1.82) is 0 Å². The number of carbonyl (C=O) groups excluding carboxylic acids is 1. The Bertz CT molecular complexity index is 1240. The van der Waals surface area contributed by atoms with Gasteiger partial charge < -0.3 is 19.1 Å². The van der Waals surface area contributed by atoms with E-state index in [1.54, 1.807) is 34.6 Å². The molecule has 0 spiro atoms. The van der Waals surface area contributed by atoms with Gasteiger partial charge in [0.2, 0.25) is 0 Å². The van der Waals surface area contributed by atoms with Gasteiger partial charge in [0.05, 0.1) is 25.0 Å². The Morgan fingerprint density at radius 2 is 1.36 bits per heavy atom. The third kappa shape index (κ3) is 8.61. The molecule has 3 aromatic carbocycles. The predicted molar refractivity (Wildman–Crippen MR) is 159 cm³/mol. The lowest BCUT2D eigenvalue weighted by atomic mass is 10.0. The van der Waals surface area contributed by atoms with Crippen LogP contribution < -0.4 is 5.32 Å². The van der Waals surface area contributed by atoms with E-state index in [-0.39, 0.29) is 13.2 Å². The van der Waals surface area contributed by atoms with E-state index in [0.29, 0.717) is 15.7 Å². The molecule has 39 heavy (non-hydrogen) atoms. The van der Waals surface area contributed by atoms with Crippen molar-refractivity contribution in [1.82, 2.24) is 5.32 Å². The maximum Gasteiger partial charge on any atom is 0.408 e. The molecule has 3 aromatic rings. The molecule has 0 fully saturated rings.